The van der Waals surface area contributed by atoms with Crippen LogP contribution >= 0.6 is 11.7 Å². The summed E-state index contributed by atoms with van der Waals surface area (Å²) in [5, 5.41) is 3.01. The highest BCUT2D eigenvalue weighted by Gasteiger charge is 2.50. The van der Waals surface area contributed by atoms with Gasteiger partial charge in [-0.1, -0.05) is 12.5 Å². The lowest BCUT2D eigenvalue weighted by Gasteiger charge is -2.29. The van der Waals surface area contributed by atoms with E-state index in [0.717, 1.165) is 31.0 Å². The van der Waals surface area contributed by atoms with E-state index in [-0.39, 0.29) is 17.2 Å². The van der Waals surface area contributed by atoms with Gasteiger partial charge in [0.25, 0.3) is 11.8 Å². The zero-order chi connectivity index (χ0) is 19.7. The third-order valence-electron chi connectivity index (χ3n) is 5.92. The van der Waals surface area contributed by atoms with Gasteiger partial charge in [-0.15, -0.1) is 0 Å². The molecule has 1 saturated heterocycles. The van der Waals surface area contributed by atoms with Crippen LogP contribution in [0.15, 0.2) is 30.5 Å². The van der Waals surface area contributed by atoms with Crippen molar-refractivity contribution >= 4 is 29.4 Å². The van der Waals surface area contributed by atoms with Crippen LogP contribution < -0.4 is 11.1 Å². The highest BCUT2D eigenvalue weighted by molar-refractivity contribution is 6.99. The van der Waals surface area contributed by atoms with Crippen LogP contribution in [0.1, 0.15) is 50.5 Å². The Morgan fingerprint density at radius 3 is 2.89 bits per heavy atom. The summed E-state index contributed by atoms with van der Waals surface area (Å²) < 4.78 is 7.96. The van der Waals surface area contributed by atoms with E-state index in [4.69, 9.17) is 5.73 Å². The second-order valence-electron chi connectivity index (χ2n) is 7.56. The molecule has 1 aromatic carbocycles. The Morgan fingerprint density at radius 2 is 2.14 bits per heavy atom. The van der Waals surface area contributed by atoms with Crippen molar-refractivity contribution in [1.29, 1.82) is 0 Å². The number of nitrogens with two attached hydrogens (primary N) is 1. The molecule has 2 atom stereocenters. The molecule has 8 nitrogen and oxygen atoms in total. The Kier molecular flexibility index (Phi) is 4.84. The van der Waals surface area contributed by atoms with Crippen molar-refractivity contribution < 1.29 is 14.4 Å². The molecule has 0 spiro atoms. The van der Waals surface area contributed by atoms with Gasteiger partial charge < -0.3 is 16.0 Å². The van der Waals surface area contributed by atoms with Crippen molar-refractivity contribution in [1.82, 2.24) is 19.0 Å². The van der Waals surface area contributed by atoms with E-state index in [1.165, 1.54) is 12.3 Å². The third-order valence-corrected chi connectivity index (χ3v) is 6.40. The molecule has 28 heavy (non-hydrogen) atoms. The van der Waals surface area contributed by atoms with Crippen LogP contribution in [0.25, 0.3) is 0 Å². The molecule has 0 bridgehead atoms. The molecule has 4 rings (SSSR count). The minimum absolute atomic E-state index is 0.0944. The number of primary amides is 1. The van der Waals surface area contributed by atoms with Crippen molar-refractivity contribution in [2.75, 3.05) is 19.6 Å². The van der Waals surface area contributed by atoms with Crippen LogP contribution in [0, 0.1) is 11.3 Å². The molecule has 2 aromatic rings. The maximum Gasteiger partial charge on any atom is 0.275 e. The summed E-state index contributed by atoms with van der Waals surface area (Å²) in [6.07, 6.45) is 4.61. The Labute approximate surface area is 166 Å². The fraction of sp³-hybridized carbons (Fsp3) is 0.421. The van der Waals surface area contributed by atoms with Crippen LogP contribution in [0.3, 0.4) is 0 Å². The third kappa shape index (κ3) is 3.37. The Hall–Kier alpha value is -2.81. The van der Waals surface area contributed by atoms with Gasteiger partial charge in [-0.25, -0.2) is 0 Å². The zero-order valence-electron chi connectivity index (χ0n) is 15.3. The maximum atomic E-state index is 12.6. The zero-order valence-corrected chi connectivity index (χ0v) is 16.1. The fourth-order valence-electron chi connectivity index (χ4n) is 4.45. The predicted molar refractivity (Wildman–Crippen MR) is 103 cm³/mol. The van der Waals surface area contributed by atoms with Crippen LogP contribution in [-0.2, 0) is 0 Å². The average molecular weight is 399 g/mol. The van der Waals surface area contributed by atoms with Crippen molar-refractivity contribution in [3.8, 4) is 0 Å². The minimum atomic E-state index is -0.564. The minimum Gasteiger partial charge on any atom is -0.366 e. The molecule has 146 valence electrons. The Balaban J connectivity index is 1.44. The maximum absolute atomic E-state index is 12.6. The van der Waals surface area contributed by atoms with Gasteiger partial charge in [0.2, 0.25) is 5.91 Å². The van der Waals surface area contributed by atoms with Crippen LogP contribution in [-0.4, -0.2) is 51.0 Å². The number of nitrogens with zero attached hydrogens (tertiary/aromatic N) is 3. The molecule has 2 fully saturated rings. The number of amides is 3. The lowest BCUT2D eigenvalue weighted by atomic mass is 9.80. The number of carbonyl (C=O) groups is 3. The second-order valence-corrected chi connectivity index (χ2v) is 8.11. The van der Waals surface area contributed by atoms with E-state index in [1.54, 1.807) is 18.2 Å². The van der Waals surface area contributed by atoms with Crippen LogP contribution in [0.2, 0.25) is 0 Å². The molecule has 2 heterocycles. The summed E-state index contributed by atoms with van der Waals surface area (Å²) in [6, 6.07) is 6.38. The topological polar surface area (TPSA) is 118 Å². The largest absolute Gasteiger partial charge is 0.366 e. The lowest BCUT2D eigenvalue weighted by molar-refractivity contribution is 0.0762. The van der Waals surface area contributed by atoms with Gasteiger partial charge in [0.05, 0.1) is 17.9 Å². The van der Waals surface area contributed by atoms with Crippen LogP contribution in [0.5, 0.6) is 0 Å². The first-order valence-corrected chi connectivity index (χ1v) is 9.96. The van der Waals surface area contributed by atoms with E-state index in [0.29, 0.717) is 42.4 Å². The van der Waals surface area contributed by atoms with E-state index < -0.39 is 5.91 Å². The van der Waals surface area contributed by atoms with Gasteiger partial charge >= 0.3 is 0 Å². The smallest absolute Gasteiger partial charge is 0.275 e. The highest BCUT2D eigenvalue weighted by Crippen LogP contribution is 2.48. The summed E-state index contributed by atoms with van der Waals surface area (Å²) in [6.45, 7) is 1.79. The number of rotatable bonds is 5. The SMILES string of the molecule is NC(=O)c1cccc(C(=O)NC[C@]23CCC[C@H]2CN(C(=O)c2cnsn2)C3)c1. The van der Waals surface area contributed by atoms with Crippen molar-refractivity contribution in [2.24, 2.45) is 17.1 Å². The van der Waals surface area contributed by atoms with E-state index in [1.807, 2.05) is 4.90 Å². The first-order valence-electron chi connectivity index (χ1n) is 9.23. The summed E-state index contributed by atoms with van der Waals surface area (Å²) in [5.41, 5.74) is 6.27. The number of likely N-dealkylation sites (tertiary alicyclic amines) is 1. The molecule has 3 N–H and O–H groups in total. The number of aromatic nitrogens is 2. The molecule has 1 aliphatic carbocycles. The van der Waals surface area contributed by atoms with Crippen molar-refractivity contribution in [3.63, 3.8) is 0 Å². The molecule has 3 amide bonds. The molecule has 2 aliphatic rings. The molecular formula is C19H21N5O3S. The van der Waals surface area contributed by atoms with Gasteiger partial charge in [0, 0.05) is 36.2 Å². The van der Waals surface area contributed by atoms with E-state index in [9.17, 15) is 14.4 Å². The number of hydrogen-bond acceptors (Lipinski definition) is 6. The number of nitrogens with one attached hydrogen (secondary N) is 1. The second kappa shape index (κ2) is 7.31. The molecule has 1 saturated carbocycles. The molecular weight excluding hydrogens is 378 g/mol. The summed E-state index contributed by atoms with van der Waals surface area (Å²) >= 11 is 1.02. The fourth-order valence-corrected chi connectivity index (χ4v) is 4.86. The average Bonchev–Trinajstić information content (AvgIpc) is 3.41. The first kappa shape index (κ1) is 18.5. The quantitative estimate of drug-likeness (QED) is 0.786. The van der Waals surface area contributed by atoms with Gasteiger partial charge in [0.1, 0.15) is 0 Å². The lowest BCUT2D eigenvalue weighted by Crippen LogP contribution is -2.41. The summed E-state index contributed by atoms with van der Waals surface area (Å²) in [5.74, 6) is -0.537. The van der Waals surface area contributed by atoms with E-state index in [2.05, 4.69) is 14.1 Å². The number of benzene rings is 1. The Morgan fingerprint density at radius 1 is 1.32 bits per heavy atom. The van der Waals surface area contributed by atoms with Crippen LogP contribution in [0.4, 0.5) is 0 Å². The van der Waals surface area contributed by atoms with Gasteiger partial charge in [-0.2, -0.15) is 8.75 Å². The van der Waals surface area contributed by atoms with Gasteiger partial charge in [0.15, 0.2) is 5.69 Å². The molecule has 1 aromatic heterocycles. The van der Waals surface area contributed by atoms with Gasteiger partial charge in [-0.05, 0) is 37.0 Å². The molecule has 1 aliphatic heterocycles. The highest BCUT2D eigenvalue weighted by atomic mass is 32.1. The molecule has 0 unspecified atom stereocenters. The summed E-state index contributed by atoms with van der Waals surface area (Å²) in [4.78, 5) is 38.4. The predicted octanol–water partition coefficient (Wildman–Crippen LogP) is 1.31. The molecule has 9 heteroatoms. The van der Waals surface area contributed by atoms with Crippen molar-refractivity contribution in [2.45, 2.75) is 19.3 Å². The standard InChI is InChI=1S/C19H21N5O3S/c20-16(25)12-3-1-4-13(7-12)17(26)21-10-19-6-2-5-14(19)9-24(11-19)18(27)15-8-22-28-23-15/h1,3-4,7-8,14H,2,5-6,9-11H2,(H2,20,25)(H,21,26)/t14-,19-/m0/s1. The van der Waals surface area contributed by atoms with Gasteiger partial charge in [-0.3, -0.25) is 14.4 Å². The monoisotopic (exact) mass is 399 g/mol. The number of fused-ring (bicyclic) bond motifs is 1. The van der Waals surface area contributed by atoms with E-state index >= 15 is 0 Å². The van der Waals surface area contributed by atoms with Crippen molar-refractivity contribution in [3.05, 3.63) is 47.3 Å². The summed E-state index contributed by atoms with van der Waals surface area (Å²) in [7, 11) is 0. The normalized spacial score (nSPS) is 23.4. The Bertz CT molecular complexity index is 916. The first-order chi connectivity index (χ1) is 13.5. The number of hydrogen-bond donors (Lipinski definition) is 2. The molecule has 0 radical (unpaired) electrons. The number of carbonyl (C=O) groups excluding carboxylic acids is 3.